The van der Waals surface area contributed by atoms with Crippen molar-refractivity contribution >= 4 is 11.6 Å². The van der Waals surface area contributed by atoms with Crippen molar-refractivity contribution in [1.29, 1.82) is 0 Å². The van der Waals surface area contributed by atoms with Gasteiger partial charge in [0.1, 0.15) is 5.82 Å². The van der Waals surface area contributed by atoms with Crippen molar-refractivity contribution in [3.05, 3.63) is 66.0 Å². The monoisotopic (exact) mass is 316 g/mol. The summed E-state index contributed by atoms with van der Waals surface area (Å²) in [5, 5.41) is 11.7. The van der Waals surface area contributed by atoms with Gasteiger partial charge in [0.15, 0.2) is 0 Å². The van der Waals surface area contributed by atoms with Gasteiger partial charge in [-0.15, -0.1) is 0 Å². The van der Waals surface area contributed by atoms with Crippen molar-refractivity contribution in [3.63, 3.8) is 0 Å². The lowest BCUT2D eigenvalue weighted by Crippen LogP contribution is -2.30. The highest BCUT2D eigenvalue weighted by molar-refractivity contribution is 5.90. The second-order valence-electron chi connectivity index (χ2n) is 5.26. The molecule has 0 bridgehead atoms. The van der Waals surface area contributed by atoms with Crippen molar-refractivity contribution in [2.24, 2.45) is 0 Å². The van der Waals surface area contributed by atoms with E-state index in [2.05, 4.69) is 5.32 Å². The van der Waals surface area contributed by atoms with E-state index in [0.717, 1.165) is 5.56 Å². The van der Waals surface area contributed by atoms with Crippen molar-refractivity contribution in [2.45, 2.75) is 13.0 Å². The van der Waals surface area contributed by atoms with Gasteiger partial charge < -0.3 is 10.4 Å². The fourth-order valence-electron chi connectivity index (χ4n) is 2.29. The van der Waals surface area contributed by atoms with E-state index in [0.29, 0.717) is 19.6 Å². The van der Waals surface area contributed by atoms with E-state index in [1.807, 2.05) is 35.2 Å². The van der Waals surface area contributed by atoms with E-state index in [1.165, 1.54) is 12.1 Å². The van der Waals surface area contributed by atoms with Crippen LogP contribution in [0, 0.1) is 5.82 Å². The molecule has 0 heterocycles. The van der Waals surface area contributed by atoms with Crippen LogP contribution in [0.15, 0.2) is 54.6 Å². The number of rotatable bonds is 8. The summed E-state index contributed by atoms with van der Waals surface area (Å²) in [4.78, 5) is 14.0. The number of benzene rings is 2. The quantitative estimate of drug-likeness (QED) is 0.787. The van der Waals surface area contributed by atoms with Crippen molar-refractivity contribution in [3.8, 4) is 0 Å². The largest absolute Gasteiger partial charge is 0.395 e. The average molecular weight is 316 g/mol. The summed E-state index contributed by atoms with van der Waals surface area (Å²) in [5.74, 6) is -0.691. The molecule has 122 valence electrons. The van der Waals surface area contributed by atoms with Crippen LogP contribution in [0.2, 0.25) is 0 Å². The Morgan fingerprint density at radius 2 is 1.74 bits per heavy atom. The maximum Gasteiger partial charge on any atom is 0.225 e. The first-order valence-electron chi connectivity index (χ1n) is 7.60. The third kappa shape index (κ3) is 5.81. The van der Waals surface area contributed by atoms with Gasteiger partial charge in [-0.05, 0) is 17.7 Å². The maximum absolute atomic E-state index is 13.5. The number of aliphatic hydroxyl groups excluding tert-OH is 1. The fraction of sp³-hybridized carbons (Fsp3) is 0.278. The summed E-state index contributed by atoms with van der Waals surface area (Å²) in [6.45, 7) is 1.67. The van der Waals surface area contributed by atoms with Crippen molar-refractivity contribution in [2.75, 3.05) is 25.0 Å². The highest BCUT2D eigenvalue weighted by atomic mass is 19.1. The summed E-state index contributed by atoms with van der Waals surface area (Å²) in [7, 11) is 0. The van der Waals surface area contributed by atoms with Gasteiger partial charge in [-0.1, -0.05) is 42.5 Å². The van der Waals surface area contributed by atoms with Gasteiger partial charge in [0, 0.05) is 26.1 Å². The third-order valence-electron chi connectivity index (χ3n) is 3.47. The summed E-state index contributed by atoms with van der Waals surface area (Å²) >= 11 is 0. The minimum absolute atomic E-state index is 0.0295. The molecule has 0 unspecified atom stereocenters. The molecule has 0 atom stereocenters. The average Bonchev–Trinajstić information content (AvgIpc) is 2.56. The number of carbonyl (C=O) groups is 1. The van der Waals surface area contributed by atoms with Crippen LogP contribution < -0.4 is 5.32 Å². The lowest BCUT2D eigenvalue weighted by molar-refractivity contribution is -0.116. The molecular formula is C18H21FN2O2. The van der Waals surface area contributed by atoms with Crippen molar-refractivity contribution < 1.29 is 14.3 Å². The molecule has 0 saturated heterocycles. The molecule has 2 N–H and O–H groups in total. The summed E-state index contributed by atoms with van der Waals surface area (Å²) in [6.07, 6.45) is 0.237. The molecule has 0 aliphatic rings. The first-order valence-corrected chi connectivity index (χ1v) is 7.60. The van der Waals surface area contributed by atoms with Crippen molar-refractivity contribution in [1.82, 2.24) is 4.90 Å². The number of aliphatic hydroxyl groups is 1. The molecule has 4 nitrogen and oxygen atoms in total. The normalized spacial score (nSPS) is 10.7. The van der Waals surface area contributed by atoms with Crippen LogP contribution in [-0.4, -0.2) is 35.6 Å². The Labute approximate surface area is 135 Å². The van der Waals surface area contributed by atoms with Crippen LogP contribution in [0.25, 0.3) is 0 Å². The number of amides is 1. The minimum Gasteiger partial charge on any atom is -0.395 e. The molecule has 0 spiro atoms. The molecule has 2 aromatic rings. The van der Waals surface area contributed by atoms with Crippen LogP contribution in [0.5, 0.6) is 0 Å². The number of hydrogen-bond acceptors (Lipinski definition) is 3. The first-order chi connectivity index (χ1) is 11.2. The molecule has 0 fully saturated rings. The molecule has 2 rings (SSSR count). The Bertz CT molecular complexity index is 619. The molecule has 0 radical (unpaired) electrons. The Morgan fingerprint density at radius 1 is 1.04 bits per heavy atom. The molecule has 0 saturated carbocycles. The molecule has 2 aromatic carbocycles. The third-order valence-corrected chi connectivity index (χ3v) is 3.47. The van der Waals surface area contributed by atoms with Gasteiger partial charge in [0.25, 0.3) is 0 Å². The predicted molar refractivity (Wildman–Crippen MR) is 88.5 cm³/mol. The van der Waals surface area contributed by atoms with E-state index < -0.39 is 5.82 Å². The molecule has 1 amide bonds. The van der Waals surface area contributed by atoms with Gasteiger partial charge in [-0.25, -0.2) is 4.39 Å². The van der Waals surface area contributed by atoms with Crippen LogP contribution in [0.3, 0.4) is 0 Å². The zero-order valence-electron chi connectivity index (χ0n) is 12.9. The van der Waals surface area contributed by atoms with E-state index in [1.54, 1.807) is 12.1 Å². The lowest BCUT2D eigenvalue weighted by Gasteiger charge is -2.21. The highest BCUT2D eigenvalue weighted by Gasteiger charge is 2.10. The smallest absolute Gasteiger partial charge is 0.225 e. The Balaban J connectivity index is 1.85. The molecule has 0 aromatic heterocycles. The zero-order valence-corrected chi connectivity index (χ0v) is 12.9. The lowest BCUT2D eigenvalue weighted by atomic mass is 10.2. The number of nitrogens with one attached hydrogen (secondary N) is 1. The van der Waals surface area contributed by atoms with E-state index in [-0.39, 0.29) is 24.6 Å². The number of halogens is 1. The number of para-hydroxylation sites is 1. The van der Waals surface area contributed by atoms with E-state index >= 15 is 0 Å². The standard InChI is InChI=1S/C18H21FN2O2/c19-16-8-4-5-9-17(16)20-18(23)10-11-21(12-13-22)14-15-6-2-1-3-7-15/h1-9,22H,10-14H2,(H,20,23). The number of carbonyl (C=O) groups excluding carboxylic acids is 1. The molecular weight excluding hydrogens is 295 g/mol. The molecule has 5 heteroatoms. The van der Waals surface area contributed by atoms with Crippen LogP contribution in [0.4, 0.5) is 10.1 Å². The molecule has 0 aliphatic heterocycles. The highest BCUT2D eigenvalue weighted by Crippen LogP contribution is 2.13. The molecule has 23 heavy (non-hydrogen) atoms. The SMILES string of the molecule is O=C(CCN(CCO)Cc1ccccc1)Nc1ccccc1F. The fourth-order valence-corrected chi connectivity index (χ4v) is 2.29. The minimum atomic E-state index is -0.447. The maximum atomic E-state index is 13.5. The van der Waals surface area contributed by atoms with Gasteiger partial charge in [-0.3, -0.25) is 9.69 Å². The van der Waals surface area contributed by atoms with Crippen LogP contribution in [-0.2, 0) is 11.3 Å². The predicted octanol–water partition coefficient (Wildman–Crippen LogP) is 2.65. The summed E-state index contributed by atoms with van der Waals surface area (Å²) < 4.78 is 13.5. The first kappa shape index (κ1) is 17.1. The van der Waals surface area contributed by atoms with Gasteiger partial charge in [0.05, 0.1) is 12.3 Å². The van der Waals surface area contributed by atoms with E-state index in [9.17, 15) is 9.18 Å². The van der Waals surface area contributed by atoms with Gasteiger partial charge in [-0.2, -0.15) is 0 Å². The van der Waals surface area contributed by atoms with Gasteiger partial charge >= 0.3 is 0 Å². The van der Waals surface area contributed by atoms with Crippen LogP contribution in [0.1, 0.15) is 12.0 Å². The second kappa shape index (κ2) is 9.02. The number of hydrogen-bond donors (Lipinski definition) is 2. The molecule has 0 aliphatic carbocycles. The van der Waals surface area contributed by atoms with Crippen LogP contribution >= 0.6 is 0 Å². The Hall–Kier alpha value is -2.24. The Kier molecular flexibility index (Phi) is 6.72. The zero-order chi connectivity index (χ0) is 16.5. The van der Waals surface area contributed by atoms with Gasteiger partial charge in [0.2, 0.25) is 5.91 Å². The number of anilines is 1. The summed E-state index contributed by atoms with van der Waals surface area (Å²) in [6, 6.07) is 16.0. The van der Waals surface area contributed by atoms with E-state index in [4.69, 9.17) is 5.11 Å². The topological polar surface area (TPSA) is 52.6 Å². The summed E-state index contributed by atoms with van der Waals surface area (Å²) in [5.41, 5.74) is 1.31. The second-order valence-corrected chi connectivity index (χ2v) is 5.26. The Morgan fingerprint density at radius 3 is 2.43 bits per heavy atom. The number of nitrogens with zero attached hydrogens (tertiary/aromatic N) is 1.